The first-order valence-electron chi connectivity index (χ1n) is 7.79. The van der Waals surface area contributed by atoms with Gasteiger partial charge in [0.1, 0.15) is 6.04 Å². The lowest BCUT2D eigenvalue weighted by Crippen LogP contribution is -2.41. The van der Waals surface area contributed by atoms with Crippen LogP contribution in [0.4, 0.5) is 0 Å². The number of ether oxygens (including phenoxy) is 3. The van der Waals surface area contributed by atoms with Crippen LogP contribution < -0.4 is 5.32 Å². The molecule has 6 nitrogen and oxygen atoms in total. The highest BCUT2D eigenvalue weighted by Crippen LogP contribution is 2.01. The highest BCUT2D eigenvalue weighted by Gasteiger charge is 2.19. The number of carbonyl (C=O) groups is 1. The molecule has 0 spiro atoms. The van der Waals surface area contributed by atoms with E-state index >= 15 is 0 Å². The first kappa shape index (κ1) is 20.3. The zero-order chi connectivity index (χ0) is 15.9. The number of esters is 1. The van der Waals surface area contributed by atoms with Crippen molar-refractivity contribution in [2.24, 2.45) is 0 Å². The molecule has 0 saturated heterocycles. The Morgan fingerprint density at radius 3 is 2.38 bits per heavy atom. The van der Waals surface area contributed by atoms with Crippen molar-refractivity contribution in [3.63, 3.8) is 0 Å². The van der Waals surface area contributed by atoms with Gasteiger partial charge < -0.3 is 24.4 Å². The SMILES string of the molecule is CCNC(CCN(CCCOC)CCOC)C(=O)OCC. The average Bonchev–Trinajstić information content (AvgIpc) is 2.48. The summed E-state index contributed by atoms with van der Waals surface area (Å²) >= 11 is 0. The van der Waals surface area contributed by atoms with Gasteiger partial charge in [-0.25, -0.2) is 0 Å². The number of hydrogen-bond acceptors (Lipinski definition) is 6. The molecule has 0 aromatic heterocycles. The van der Waals surface area contributed by atoms with E-state index in [1.54, 1.807) is 14.2 Å². The van der Waals surface area contributed by atoms with Gasteiger partial charge in [-0.2, -0.15) is 0 Å². The number of carbonyl (C=O) groups excluding carboxylic acids is 1. The van der Waals surface area contributed by atoms with Crippen LogP contribution in [0.15, 0.2) is 0 Å². The average molecular weight is 304 g/mol. The summed E-state index contributed by atoms with van der Waals surface area (Å²) in [6.45, 7) is 9.08. The topological polar surface area (TPSA) is 60.0 Å². The molecule has 0 aromatic rings. The van der Waals surface area contributed by atoms with Gasteiger partial charge >= 0.3 is 5.97 Å². The van der Waals surface area contributed by atoms with E-state index in [-0.39, 0.29) is 12.0 Å². The van der Waals surface area contributed by atoms with Crippen LogP contribution in [-0.4, -0.2) is 77.1 Å². The van der Waals surface area contributed by atoms with Crippen LogP contribution in [0.1, 0.15) is 26.7 Å². The molecular weight excluding hydrogens is 272 g/mol. The molecule has 1 unspecified atom stereocenters. The van der Waals surface area contributed by atoms with Crippen molar-refractivity contribution < 1.29 is 19.0 Å². The van der Waals surface area contributed by atoms with Gasteiger partial charge in [-0.1, -0.05) is 6.92 Å². The van der Waals surface area contributed by atoms with Crippen LogP contribution in [0.5, 0.6) is 0 Å². The van der Waals surface area contributed by atoms with Crippen LogP contribution in [0.25, 0.3) is 0 Å². The molecule has 0 rings (SSSR count). The minimum atomic E-state index is -0.234. The third-order valence-electron chi connectivity index (χ3n) is 3.19. The van der Waals surface area contributed by atoms with Gasteiger partial charge in [0.25, 0.3) is 0 Å². The van der Waals surface area contributed by atoms with Crippen LogP contribution in [-0.2, 0) is 19.0 Å². The zero-order valence-electron chi connectivity index (χ0n) is 14.0. The smallest absolute Gasteiger partial charge is 0.323 e. The molecule has 0 amide bonds. The number of hydrogen-bond donors (Lipinski definition) is 1. The highest BCUT2D eigenvalue weighted by atomic mass is 16.5. The highest BCUT2D eigenvalue weighted by molar-refractivity contribution is 5.75. The lowest BCUT2D eigenvalue weighted by Gasteiger charge is -2.24. The van der Waals surface area contributed by atoms with Gasteiger partial charge in [0.2, 0.25) is 0 Å². The molecule has 0 aliphatic carbocycles. The first-order valence-corrected chi connectivity index (χ1v) is 7.79. The summed E-state index contributed by atoms with van der Waals surface area (Å²) in [5.74, 6) is -0.164. The second-order valence-corrected chi connectivity index (χ2v) is 4.83. The third-order valence-corrected chi connectivity index (χ3v) is 3.19. The summed E-state index contributed by atoms with van der Waals surface area (Å²) in [5.41, 5.74) is 0. The third kappa shape index (κ3) is 10.6. The van der Waals surface area contributed by atoms with Crippen LogP contribution in [0.2, 0.25) is 0 Å². The minimum Gasteiger partial charge on any atom is -0.465 e. The summed E-state index contributed by atoms with van der Waals surface area (Å²) in [4.78, 5) is 14.2. The van der Waals surface area contributed by atoms with Crippen LogP contribution >= 0.6 is 0 Å². The molecule has 0 aliphatic rings. The number of methoxy groups -OCH3 is 2. The Bertz CT molecular complexity index is 252. The zero-order valence-corrected chi connectivity index (χ0v) is 14.0. The van der Waals surface area contributed by atoms with Crippen LogP contribution in [0, 0.1) is 0 Å². The largest absolute Gasteiger partial charge is 0.465 e. The summed E-state index contributed by atoms with van der Waals surface area (Å²) in [7, 11) is 3.41. The first-order chi connectivity index (χ1) is 10.2. The number of likely N-dealkylation sites (N-methyl/N-ethyl adjacent to an activating group) is 1. The normalized spacial score (nSPS) is 12.6. The van der Waals surface area contributed by atoms with Gasteiger partial charge in [0.05, 0.1) is 13.2 Å². The molecule has 21 heavy (non-hydrogen) atoms. The summed E-state index contributed by atoms with van der Waals surface area (Å²) in [5, 5.41) is 3.19. The van der Waals surface area contributed by atoms with Gasteiger partial charge in [-0.05, 0) is 26.3 Å². The maximum absolute atomic E-state index is 11.9. The fraction of sp³-hybridized carbons (Fsp3) is 0.933. The Morgan fingerprint density at radius 1 is 1.10 bits per heavy atom. The molecule has 1 N–H and O–H groups in total. The van der Waals surface area contributed by atoms with Gasteiger partial charge in [-0.15, -0.1) is 0 Å². The van der Waals surface area contributed by atoms with Crippen LogP contribution in [0.3, 0.4) is 0 Å². The number of rotatable bonds is 14. The number of nitrogens with one attached hydrogen (secondary N) is 1. The lowest BCUT2D eigenvalue weighted by molar-refractivity contribution is -0.145. The fourth-order valence-corrected chi connectivity index (χ4v) is 2.09. The molecule has 0 heterocycles. The minimum absolute atomic E-state index is 0.164. The molecule has 0 radical (unpaired) electrons. The molecule has 0 bridgehead atoms. The van der Waals surface area contributed by atoms with Crippen molar-refractivity contribution in [1.29, 1.82) is 0 Å². The Morgan fingerprint density at radius 2 is 1.81 bits per heavy atom. The van der Waals surface area contributed by atoms with E-state index in [1.807, 2.05) is 13.8 Å². The quantitative estimate of drug-likeness (QED) is 0.380. The molecule has 0 aromatic carbocycles. The van der Waals surface area contributed by atoms with Crippen molar-refractivity contribution in [2.45, 2.75) is 32.7 Å². The van der Waals surface area contributed by atoms with Gasteiger partial charge in [-0.3, -0.25) is 4.79 Å². The maximum atomic E-state index is 11.9. The van der Waals surface area contributed by atoms with E-state index in [4.69, 9.17) is 14.2 Å². The van der Waals surface area contributed by atoms with E-state index in [2.05, 4.69) is 10.2 Å². The monoisotopic (exact) mass is 304 g/mol. The van der Waals surface area contributed by atoms with E-state index in [9.17, 15) is 4.79 Å². The maximum Gasteiger partial charge on any atom is 0.323 e. The van der Waals surface area contributed by atoms with Gasteiger partial charge in [0.15, 0.2) is 0 Å². The number of nitrogens with zero attached hydrogens (tertiary/aromatic N) is 1. The van der Waals surface area contributed by atoms with Crippen molar-refractivity contribution in [2.75, 3.05) is 60.2 Å². The molecule has 0 fully saturated rings. The Balaban J connectivity index is 4.26. The van der Waals surface area contributed by atoms with E-state index in [1.165, 1.54) is 0 Å². The Hall–Kier alpha value is -0.690. The van der Waals surface area contributed by atoms with E-state index in [0.29, 0.717) is 13.2 Å². The molecule has 0 saturated carbocycles. The van der Waals surface area contributed by atoms with Gasteiger partial charge in [0, 0.05) is 40.5 Å². The second kappa shape index (κ2) is 14.3. The molecule has 1 atom stereocenters. The van der Waals surface area contributed by atoms with E-state index < -0.39 is 0 Å². The van der Waals surface area contributed by atoms with Crippen molar-refractivity contribution >= 4 is 5.97 Å². The predicted molar refractivity (Wildman–Crippen MR) is 83.5 cm³/mol. The molecule has 0 aliphatic heterocycles. The van der Waals surface area contributed by atoms with Crippen molar-refractivity contribution in [1.82, 2.24) is 10.2 Å². The lowest BCUT2D eigenvalue weighted by atomic mass is 10.2. The standard InChI is InChI=1S/C15H32N2O4/c1-5-16-14(15(18)21-6-2)8-10-17(11-13-20-4)9-7-12-19-3/h14,16H,5-13H2,1-4H3. The predicted octanol–water partition coefficient (Wildman–Crippen LogP) is 0.903. The molecule has 6 heteroatoms. The van der Waals surface area contributed by atoms with Crippen molar-refractivity contribution in [3.8, 4) is 0 Å². The summed E-state index contributed by atoms with van der Waals surface area (Å²) in [6, 6.07) is -0.234. The van der Waals surface area contributed by atoms with Crippen molar-refractivity contribution in [3.05, 3.63) is 0 Å². The second-order valence-electron chi connectivity index (χ2n) is 4.83. The fourth-order valence-electron chi connectivity index (χ4n) is 2.09. The van der Waals surface area contributed by atoms with E-state index in [0.717, 1.165) is 45.6 Å². The molecular formula is C15H32N2O4. The summed E-state index contributed by atoms with van der Waals surface area (Å²) in [6.07, 6.45) is 1.72. The molecule has 126 valence electrons. The Kier molecular flexibility index (Phi) is 13.8. The summed E-state index contributed by atoms with van der Waals surface area (Å²) < 4.78 is 15.3. The Labute approximate surface area is 129 Å².